The van der Waals surface area contributed by atoms with Gasteiger partial charge in [-0.05, 0) is 25.8 Å². The molecule has 2 N–H and O–H groups in total. The summed E-state index contributed by atoms with van der Waals surface area (Å²) in [5, 5.41) is 15.8. The predicted octanol–water partition coefficient (Wildman–Crippen LogP) is 2.13. The molecule has 1 aromatic heterocycles. The van der Waals surface area contributed by atoms with E-state index in [0.29, 0.717) is 11.0 Å². The number of piperidine rings is 1. The van der Waals surface area contributed by atoms with Crippen molar-refractivity contribution < 1.29 is 4.79 Å². The molecule has 1 amide bonds. The number of anilines is 1. The monoisotopic (exact) mass is 268 g/mol. The van der Waals surface area contributed by atoms with Gasteiger partial charge in [0, 0.05) is 5.92 Å². The van der Waals surface area contributed by atoms with E-state index in [0.717, 1.165) is 37.2 Å². The van der Waals surface area contributed by atoms with Gasteiger partial charge in [0.1, 0.15) is 5.01 Å². The molecule has 2 unspecified atom stereocenters. The Hall–Kier alpha value is -1.01. The van der Waals surface area contributed by atoms with Crippen molar-refractivity contribution in [1.82, 2.24) is 15.5 Å². The van der Waals surface area contributed by atoms with E-state index in [9.17, 15) is 4.79 Å². The number of hydrogen-bond donors (Lipinski definition) is 2. The Kier molecular flexibility index (Phi) is 4.66. The lowest BCUT2D eigenvalue weighted by Gasteiger charge is -2.21. The molecule has 0 aromatic carbocycles. The molecule has 0 saturated carbocycles. The van der Waals surface area contributed by atoms with E-state index < -0.39 is 0 Å². The lowest BCUT2D eigenvalue weighted by atomic mass is 10.0. The lowest BCUT2D eigenvalue weighted by Crippen LogP contribution is -2.43. The van der Waals surface area contributed by atoms with Gasteiger partial charge in [-0.1, -0.05) is 31.6 Å². The zero-order valence-corrected chi connectivity index (χ0v) is 11.7. The Morgan fingerprint density at radius 1 is 1.56 bits per heavy atom. The smallest absolute Gasteiger partial charge is 0.243 e. The Bertz CT molecular complexity index is 401. The fourth-order valence-electron chi connectivity index (χ4n) is 1.93. The minimum atomic E-state index is -0.0744. The molecule has 6 heteroatoms. The number of rotatable bonds is 4. The van der Waals surface area contributed by atoms with Crippen LogP contribution >= 0.6 is 11.3 Å². The van der Waals surface area contributed by atoms with E-state index >= 15 is 0 Å². The van der Waals surface area contributed by atoms with Gasteiger partial charge in [-0.15, -0.1) is 10.2 Å². The summed E-state index contributed by atoms with van der Waals surface area (Å²) in [6.07, 6.45) is 4.20. The van der Waals surface area contributed by atoms with Crippen LogP contribution in [0.15, 0.2) is 0 Å². The highest BCUT2D eigenvalue weighted by Gasteiger charge is 2.21. The van der Waals surface area contributed by atoms with Gasteiger partial charge in [0.25, 0.3) is 0 Å². The minimum Gasteiger partial charge on any atom is -0.306 e. The number of aromatic nitrogens is 2. The molecule has 0 aliphatic carbocycles. The van der Waals surface area contributed by atoms with E-state index in [1.807, 2.05) is 0 Å². The predicted molar refractivity (Wildman–Crippen MR) is 72.9 cm³/mol. The van der Waals surface area contributed by atoms with Crippen molar-refractivity contribution in [2.45, 2.75) is 51.5 Å². The van der Waals surface area contributed by atoms with E-state index in [4.69, 9.17) is 0 Å². The maximum Gasteiger partial charge on any atom is 0.243 e. The first-order valence-corrected chi connectivity index (χ1v) is 7.40. The third-order valence-electron chi connectivity index (χ3n) is 3.33. The Morgan fingerprint density at radius 2 is 2.39 bits per heavy atom. The van der Waals surface area contributed by atoms with Crippen molar-refractivity contribution in [3.63, 3.8) is 0 Å². The molecule has 2 atom stereocenters. The van der Waals surface area contributed by atoms with Crippen molar-refractivity contribution in [2.24, 2.45) is 0 Å². The topological polar surface area (TPSA) is 66.9 Å². The minimum absolute atomic E-state index is 0.0153. The van der Waals surface area contributed by atoms with Crippen LogP contribution in [-0.2, 0) is 4.79 Å². The molecule has 1 fully saturated rings. The SMILES string of the molecule is CCC(C)c1nnc(NC(=O)C2CCCCN2)s1. The first-order valence-electron chi connectivity index (χ1n) is 6.58. The van der Waals surface area contributed by atoms with Crippen molar-refractivity contribution >= 4 is 22.4 Å². The van der Waals surface area contributed by atoms with Gasteiger partial charge in [-0.2, -0.15) is 0 Å². The van der Waals surface area contributed by atoms with Gasteiger partial charge < -0.3 is 5.32 Å². The first kappa shape index (κ1) is 13.4. The molecule has 1 saturated heterocycles. The summed E-state index contributed by atoms with van der Waals surface area (Å²) in [5.74, 6) is 0.419. The van der Waals surface area contributed by atoms with Crippen LogP contribution in [-0.4, -0.2) is 28.7 Å². The zero-order valence-electron chi connectivity index (χ0n) is 10.9. The number of carbonyl (C=O) groups is 1. The van der Waals surface area contributed by atoms with Crippen LogP contribution in [0.5, 0.6) is 0 Å². The van der Waals surface area contributed by atoms with Gasteiger partial charge in [-0.25, -0.2) is 0 Å². The highest BCUT2D eigenvalue weighted by atomic mass is 32.1. The van der Waals surface area contributed by atoms with Crippen LogP contribution in [0, 0.1) is 0 Å². The summed E-state index contributed by atoms with van der Waals surface area (Å²) in [4.78, 5) is 12.0. The average Bonchev–Trinajstić information content (AvgIpc) is 2.87. The molecule has 1 aliphatic rings. The summed E-state index contributed by atoms with van der Waals surface area (Å²) in [6.45, 7) is 5.16. The second-order valence-electron chi connectivity index (χ2n) is 4.75. The maximum absolute atomic E-state index is 12.0. The summed E-state index contributed by atoms with van der Waals surface area (Å²) in [6, 6.07) is -0.0744. The molecule has 2 heterocycles. The molecule has 0 bridgehead atoms. The number of carbonyl (C=O) groups excluding carboxylic acids is 1. The van der Waals surface area contributed by atoms with Crippen LogP contribution in [0.1, 0.15) is 50.5 Å². The second kappa shape index (κ2) is 6.24. The first-order chi connectivity index (χ1) is 8.70. The molecule has 0 spiro atoms. The van der Waals surface area contributed by atoms with E-state index in [1.54, 1.807) is 0 Å². The standard InChI is InChI=1S/C12H20N4OS/c1-3-8(2)11-15-16-12(18-11)14-10(17)9-6-4-5-7-13-9/h8-9,13H,3-7H2,1-2H3,(H,14,16,17). The molecular formula is C12H20N4OS. The third-order valence-corrected chi connectivity index (χ3v) is 4.40. The molecular weight excluding hydrogens is 248 g/mol. The van der Waals surface area contributed by atoms with Crippen molar-refractivity contribution in [3.05, 3.63) is 5.01 Å². The number of hydrogen-bond acceptors (Lipinski definition) is 5. The van der Waals surface area contributed by atoms with Crippen LogP contribution in [0.2, 0.25) is 0 Å². The van der Waals surface area contributed by atoms with Gasteiger partial charge in [0.05, 0.1) is 6.04 Å². The van der Waals surface area contributed by atoms with E-state index in [-0.39, 0.29) is 11.9 Å². The van der Waals surface area contributed by atoms with Gasteiger partial charge in [0.2, 0.25) is 11.0 Å². The van der Waals surface area contributed by atoms with Crippen LogP contribution < -0.4 is 10.6 Å². The molecule has 18 heavy (non-hydrogen) atoms. The largest absolute Gasteiger partial charge is 0.306 e. The van der Waals surface area contributed by atoms with Crippen LogP contribution in [0.25, 0.3) is 0 Å². The summed E-state index contributed by atoms with van der Waals surface area (Å²) >= 11 is 1.48. The molecule has 2 rings (SSSR count). The van der Waals surface area contributed by atoms with Crippen molar-refractivity contribution in [2.75, 3.05) is 11.9 Å². The number of nitrogens with one attached hydrogen (secondary N) is 2. The summed E-state index contributed by atoms with van der Waals surface area (Å²) in [7, 11) is 0. The highest BCUT2D eigenvalue weighted by Crippen LogP contribution is 2.25. The normalized spacial score (nSPS) is 21.6. The molecule has 100 valence electrons. The number of amides is 1. The summed E-state index contributed by atoms with van der Waals surface area (Å²) in [5.41, 5.74) is 0. The molecule has 1 aliphatic heterocycles. The van der Waals surface area contributed by atoms with Crippen LogP contribution in [0.4, 0.5) is 5.13 Å². The summed E-state index contributed by atoms with van der Waals surface area (Å²) < 4.78 is 0. The van der Waals surface area contributed by atoms with Gasteiger partial charge in [0.15, 0.2) is 0 Å². The molecule has 5 nitrogen and oxygen atoms in total. The van der Waals surface area contributed by atoms with Crippen molar-refractivity contribution in [3.8, 4) is 0 Å². The quantitative estimate of drug-likeness (QED) is 0.878. The second-order valence-corrected chi connectivity index (χ2v) is 5.76. The van der Waals surface area contributed by atoms with Gasteiger partial charge in [-0.3, -0.25) is 10.1 Å². The number of nitrogens with zero attached hydrogens (tertiary/aromatic N) is 2. The Morgan fingerprint density at radius 3 is 3.06 bits per heavy atom. The van der Waals surface area contributed by atoms with E-state index in [1.165, 1.54) is 11.3 Å². The van der Waals surface area contributed by atoms with Crippen molar-refractivity contribution in [1.29, 1.82) is 0 Å². The highest BCUT2D eigenvalue weighted by molar-refractivity contribution is 7.15. The lowest BCUT2D eigenvalue weighted by molar-refractivity contribution is -0.118. The van der Waals surface area contributed by atoms with Gasteiger partial charge >= 0.3 is 0 Å². The fraction of sp³-hybridized carbons (Fsp3) is 0.750. The molecule has 0 radical (unpaired) electrons. The fourth-order valence-corrected chi connectivity index (χ4v) is 2.81. The maximum atomic E-state index is 12.0. The zero-order chi connectivity index (χ0) is 13.0. The average molecular weight is 268 g/mol. The third kappa shape index (κ3) is 3.26. The van der Waals surface area contributed by atoms with Crippen LogP contribution in [0.3, 0.4) is 0 Å². The molecule has 1 aromatic rings. The Labute approximate surface area is 111 Å². The Balaban J connectivity index is 1.92. The van der Waals surface area contributed by atoms with E-state index in [2.05, 4.69) is 34.7 Å².